The van der Waals surface area contributed by atoms with Gasteiger partial charge in [0.2, 0.25) is 0 Å². The molecule has 2 aromatic carbocycles. The van der Waals surface area contributed by atoms with Crippen molar-refractivity contribution in [3.63, 3.8) is 0 Å². The predicted molar refractivity (Wildman–Crippen MR) is 80.9 cm³/mol. The molecule has 0 spiro atoms. The summed E-state index contributed by atoms with van der Waals surface area (Å²) in [6.45, 7) is 4.57. The highest BCUT2D eigenvalue weighted by molar-refractivity contribution is 6.31. The van der Waals surface area contributed by atoms with Crippen LogP contribution in [0.15, 0.2) is 42.7 Å². The summed E-state index contributed by atoms with van der Waals surface area (Å²) in [7, 11) is 0. The summed E-state index contributed by atoms with van der Waals surface area (Å²) in [5, 5.41) is 3.25. The van der Waals surface area contributed by atoms with E-state index in [2.05, 4.69) is 49.4 Å². The van der Waals surface area contributed by atoms with Gasteiger partial charge in [-0.15, -0.1) is 0 Å². The van der Waals surface area contributed by atoms with Crippen molar-refractivity contribution in [3.05, 3.63) is 58.9 Å². The number of H-pyrrole nitrogens is 1. The normalized spacial score (nSPS) is 15.5. The van der Waals surface area contributed by atoms with E-state index in [9.17, 15) is 0 Å². The van der Waals surface area contributed by atoms with Crippen LogP contribution in [0.5, 0.6) is 0 Å². The van der Waals surface area contributed by atoms with Crippen LogP contribution in [0.3, 0.4) is 0 Å². The number of halogens is 1. The molecule has 0 atom stereocenters. The zero-order valence-corrected chi connectivity index (χ0v) is 11.7. The van der Waals surface area contributed by atoms with Crippen LogP contribution >= 0.6 is 11.6 Å². The Balaban J connectivity index is 2.13. The van der Waals surface area contributed by atoms with E-state index < -0.39 is 0 Å². The molecular weight excluding hydrogens is 254 g/mol. The number of aromatic amines is 1. The van der Waals surface area contributed by atoms with Crippen LogP contribution in [0.1, 0.15) is 25.0 Å². The van der Waals surface area contributed by atoms with E-state index in [0.717, 1.165) is 5.02 Å². The Hall–Kier alpha value is -1.73. The second-order valence-electron chi connectivity index (χ2n) is 5.80. The molecule has 1 heterocycles. The highest BCUT2D eigenvalue weighted by atomic mass is 35.5. The van der Waals surface area contributed by atoms with Gasteiger partial charge in [0.15, 0.2) is 0 Å². The van der Waals surface area contributed by atoms with Crippen molar-refractivity contribution in [2.75, 3.05) is 0 Å². The molecule has 1 aromatic heterocycles. The molecule has 2 heteroatoms. The molecule has 0 unspecified atom stereocenters. The third kappa shape index (κ3) is 1.36. The van der Waals surface area contributed by atoms with Gasteiger partial charge in [0, 0.05) is 28.4 Å². The molecule has 0 saturated heterocycles. The van der Waals surface area contributed by atoms with Gasteiger partial charge in [-0.2, -0.15) is 0 Å². The van der Waals surface area contributed by atoms with Crippen molar-refractivity contribution in [2.24, 2.45) is 0 Å². The first kappa shape index (κ1) is 11.1. The number of fused-ring (bicyclic) bond motifs is 4. The van der Waals surface area contributed by atoms with Gasteiger partial charge in [-0.05, 0) is 51.7 Å². The summed E-state index contributed by atoms with van der Waals surface area (Å²) < 4.78 is 0. The largest absolute Gasteiger partial charge is 0.367 e. The highest BCUT2D eigenvalue weighted by Gasteiger charge is 2.36. The van der Waals surface area contributed by atoms with Gasteiger partial charge < -0.3 is 4.98 Å². The third-order valence-corrected chi connectivity index (χ3v) is 4.56. The minimum Gasteiger partial charge on any atom is -0.367 e. The highest BCUT2D eigenvalue weighted by Crippen LogP contribution is 2.49. The SMILES string of the molecule is CC1(C)c2c[nH]cc2-c2cc3cc(Cl)ccc3cc21. The van der Waals surface area contributed by atoms with E-state index in [1.165, 1.54) is 33.0 Å². The molecule has 19 heavy (non-hydrogen) atoms. The maximum atomic E-state index is 6.10. The third-order valence-electron chi connectivity index (χ3n) is 4.32. The average molecular weight is 268 g/mol. The van der Waals surface area contributed by atoms with Gasteiger partial charge in [0.25, 0.3) is 0 Å². The van der Waals surface area contributed by atoms with E-state index >= 15 is 0 Å². The van der Waals surface area contributed by atoms with Gasteiger partial charge in [0.05, 0.1) is 0 Å². The number of hydrogen-bond acceptors (Lipinski definition) is 0. The van der Waals surface area contributed by atoms with Gasteiger partial charge in [-0.1, -0.05) is 31.5 Å². The molecular formula is C17H14ClN. The Morgan fingerprint density at radius 3 is 2.58 bits per heavy atom. The van der Waals surface area contributed by atoms with E-state index in [1.54, 1.807) is 0 Å². The van der Waals surface area contributed by atoms with Crippen LogP contribution in [-0.2, 0) is 5.41 Å². The van der Waals surface area contributed by atoms with Crippen molar-refractivity contribution in [1.29, 1.82) is 0 Å². The van der Waals surface area contributed by atoms with E-state index in [0.29, 0.717) is 0 Å². The molecule has 94 valence electrons. The van der Waals surface area contributed by atoms with Crippen LogP contribution in [0.4, 0.5) is 0 Å². The quantitative estimate of drug-likeness (QED) is 0.581. The minimum absolute atomic E-state index is 0.0679. The lowest BCUT2D eigenvalue weighted by molar-refractivity contribution is 0.661. The molecule has 1 aliphatic rings. The van der Waals surface area contributed by atoms with Crippen LogP contribution in [0.2, 0.25) is 5.02 Å². The van der Waals surface area contributed by atoms with Gasteiger partial charge in [0.1, 0.15) is 0 Å². The Bertz CT molecular complexity index is 811. The summed E-state index contributed by atoms with van der Waals surface area (Å²) in [5.74, 6) is 0. The smallest absolute Gasteiger partial charge is 0.0412 e. The molecule has 3 aromatic rings. The molecule has 0 saturated carbocycles. The molecule has 1 N–H and O–H groups in total. The minimum atomic E-state index is 0.0679. The summed E-state index contributed by atoms with van der Waals surface area (Å²) in [5.41, 5.74) is 5.50. The van der Waals surface area contributed by atoms with Crippen LogP contribution in [0.25, 0.3) is 21.9 Å². The molecule has 0 bridgehead atoms. The molecule has 0 fully saturated rings. The number of aromatic nitrogens is 1. The Labute approximate surface area is 117 Å². The van der Waals surface area contributed by atoms with Crippen molar-refractivity contribution >= 4 is 22.4 Å². The number of rotatable bonds is 0. The second-order valence-corrected chi connectivity index (χ2v) is 6.23. The lowest BCUT2D eigenvalue weighted by atomic mass is 9.83. The summed E-state index contributed by atoms with van der Waals surface area (Å²) in [6.07, 6.45) is 4.21. The lowest BCUT2D eigenvalue weighted by Crippen LogP contribution is -2.14. The van der Waals surface area contributed by atoms with E-state index in [-0.39, 0.29) is 5.41 Å². The topological polar surface area (TPSA) is 15.8 Å². The molecule has 0 radical (unpaired) electrons. The summed E-state index contributed by atoms with van der Waals surface area (Å²) in [6, 6.07) is 10.7. The number of hydrogen-bond donors (Lipinski definition) is 1. The monoisotopic (exact) mass is 267 g/mol. The number of benzene rings is 2. The Morgan fingerprint density at radius 2 is 1.74 bits per heavy atom. The zero-order valence-electron chi connectivity index (χ0n) is 10.9. The molecule has 1 aliphatic carbocycles. The first-order valence-electron chi connectivity index (χ1n) is 6.49. The fourth-order valence-corrected chi connectivity index (χ4v) is 3.44. The summed E-state index contributed by atoms with van der Waals surface area (Å²) >= 11 is 6.10. The number of nitrogens with one attached hydrogen (secondary N) is 1. The van der Waals surface area contributed by atoms with Crippen molar-refractivity contribution in [1.82, 2.24) is 4.98 Å². The summed E-state index contributed by atoms with van der Waals surface area (Å²) in [4.78, 5) is 3.23. The molecule has 0 aliphatic heterocycles. The zero-order chi connectivity index (χ0) is 13.2. The Morgan fingerprint density at radius 1 is 0.895 bits per heavy atom. The van der Waals surface area contributed by atoms with Crippen LogP contribution in [0, 0.1) is 0 Å². The predicted octanol–water partition coefficient (Wildman–Crippen LogP) is 5.13. The van der Waals surface area contributed by atoms with Crippen molar-refractivity contribution in [2.45, 2.75) is 19.3 Å². The maximum absolute atomic E-state index is 6.10. The average Bonchev–Trinajstić information content (AvgIpc) is 2.92. The lowest BCUT2D eigenvalue weighted by Gasteiger charge is -2.20. The molecule has 1 nitrogen and oxygen atoms in total. The Kier molecular flexibility index (Phi) is 2.01. The van der Waals surface area contributed by atoms with Gasteiger partial charge >= 0.3 is 0 Å². The van der Waals surface area contributed by atoms with Crippen molar-refractivity contribution in [3.8, 4) is 11.1 Å². The second kappa shape index (κ2) is 3.43. The maximum Gasteiger partial charge on any atom is 0.0412 e. The standard InChI is InChI=1S/C17H14ClN/c1-17(2)15-7-10-3-4-12(18)5-11(10)6-13(15)14-8-19-9-16(14)17/h3-9,19H,1-2H3. The van der Waals surface area contributed by atoms with E-state index in [1.807, 2.05) is 12.1 Å². The van der Waals surface area contributed by atoms with Crippen molar-refractivity contribution < 1.29 is 0 Å². The fraction of sp³-hybridized carbons (Fsp3) is 0.176. The van der Waals surface area contributed by atoms with Gasteiger partial charge in [-0.25, -0.2) is 0 Å². The van der Waals surface area contributed by atoms with Gasteiger partial charge in [-0.3, -0.25) is 0 Å². The first-order chi connectivity index (χ1) is 9.07. The van der Waals surface area contributed by atoms with Crippen LogP contribution in [-0.4, -0.2) is 4.98 Å². The first-order valence-corrected chi connectivity index (χ1v) is 6.86. The van der Waals surface area contributed by atoms with E-state index in [4.69, 9.17) is 11.6 Å². The van der Waals surface area contributed by atoms with Crippen LogP contribution < -0.4 is 0 Å². The fourth-order valence-electron chi connectivity index (χ4n) is 3.26. The molecule has 0 amide bonds. The molecule has 4 rings (SSSR count).